The highest BCUT2D eigenvalue weighted by Gasteiger charge is 2.36. The molecule has 0 radical (unpaired) electrons. The van der Waals surface area contributed by atoms with Crippen LogP contribution in [0, 0.1) is 5.92 Å². The smallest absolute Gasteiger partial charge is 0.414 e. The maximum atomic E-state index is 13.1. The molecule has 4 rings (SSSR count). The Balaban J connectivity index is 1.40. The summed E-state index contributed by atoms with van der Waals surface area (Å²) in [5.41, 5.74) is 2.88. The summed E-state index contributed by atoms with van der Waals surface area (Å²) in [6, 6.07) is 15.5. The Morgan fingerprint density at radius 3 is 2.10 bits per heavy atom. The molecule has 9 heteroatoms. The van der Waals surface area contributed by atoms with E-state index in [0.717, 1.165) is 11.1 Å². The van der Waals surface area contributed by atoms with Gasteiger partial charge in [0.1, 0.15) is 5.60 Å². The van der Waals surface area contributed by atoms with Gasteiger partial charge in [-0.25, -0.2) is 13.2 Å². The predicted octanol–water partition coefficient (Wildman–Crippen LogP) is 7.02. The van der Waals surface area contributed by atoms with Gasteiger partial charge in [-0.1, -0.05) is 59.6 Å². The molecule has 0 bridgehead atoms. The van der Waals surface area contributed by atoms with Crippen molar-refractivity contribution in [3.8, 4) is 0 Å². The van der Waals surface area contributed by atoms with E-state index < -0.39 is 21.5 Å². The molecule has 1 saturated heterocycles. The molecule has 0 atom stereocenters. The SMILES string of the molecule is CN(C(=O)OC(C)(C)C)C1=CC=C/C(=C\S(=O)(=O)CC2CN(C(c3ccc(Cl)cc3)c3ccc(Cl)cc3)C2)C1. The number of hydrogen-bond donors (Lipinski definition) is 0. The van der Waals surface area contributed by atoms with E-state index in [0.29, 0.717) is 40.8 Å². The summed E-state index contributed by atoms with van der Waals surface area (Å²) in [5, 5.41) is 2.68. The third-order valence-electron chi connectivity index (χ3n) is 6.60. The molecule has 1 aliphatic carbocycles. The fraction of sp³-hybridized carbons (Fsp3) is 0.367. The third-order valence-corrected chi connectivity index (χ3v) is 8.71. The first-order chi connectivity index (χ1) is 18.3. The summed E-state index contributed by atoms with van der Waals surface area (Å²) in [6.45, 7) is 6.73. The number of nitrogens with zero attached hydrogens (tertiary/aromatic N) is 2. The van der Waals surface area contributed by atoms with Gasteiger partial charge in [0, 0.05) is 47.7 Å². The monoisotopic (exact) mass is 588 g/mol. The van der Waals surface area contributed by atoms with E-state index in [1.165, 1.54) is 10.3 Å². The number of likely N-dealkylation sites (tertiary alicyclic amines) is 1. The highest BCUT2D eigenvalue weighted by atomic mass is 35.5. The maximum Gasteiger partial charge on any atom is 0.414 e. The number of hydrogen-bond acceptors (Lipinski definition) is 5. The van der Waals surface area contributed by atoms with Crippen LogP contribution in [0.25, 0.3) is 0 Å². The van der Waals surface area contributed by atoms with Gasteiger partial charge in [-0.15, -0.1) is 0 Å². The van der Waals surface area contributed by atoms with Crippen LogP contribution >= 0.6 is 23.2 Å². The van der Waals surface area contributed by atoms with E-state index in [1.54, 1.807) is 46.0 Å². The lowest BCUT2D eigenvalue weighted by atomic mass is 9.91. The predicted molar refractivity (Wildman–Crippen MR) is 158 cm³/mol. The second-order valence-corrected chi connectivity index (χ2v) is 13.8. The second kappa shape index (κ2) is 11.9. The Labute approximate surface area is 241 Å². The number of carbonyl (C=O) groups excluding carboxylic acids is 1. The van der Waals surface area contributed by atoms with E-state index in [9.17, 15) is 13.2 Å². The average molecular weight is 590 g/mol. The van der Waals surface area contributed by atoms with E-state index >= 15 is 0 Å². The minimum Gasteiger partial charge on any atom is -0.443 e. The quantitative estimate of drug-likeness (QED) is 0.347. The fourth-order valence-corrected chi connectivity index (χ4v) is 6.65. The van der Waals surface area contributed by atoms with Crippen LogP contribution in [0.2, 0.25) is 10.0 Å². The first-order valence-corrected chi connectivity index (χ1v) is 15.3. The molecule has 1 fully saturated rings. The Morgan fingerprint density at radius 2 is 1.59 bits per heavy atom. The highest BCUT2D eigenvalue weighted by Crippen LogP contribution is 2.36. The van der Waals surface area contributed by atoms with Crippen LogP contribution in [0.1, 0.15) is 44.4 Å². The van der Waals surface area contributed by atoms with Crippen molar-refractivity contribution < 1.29 is 17.9 Å². The maximum absolute atomic E-state index is 13.1. The number of sulfone groups is 1. The normalized spacial score (nSPS) is 17.7. The summed E-state index contributed by atoms with van der Waals surface area (Å²) in [4.78, 5) is 16.1. The number of halogens is 2. The van der Waals surface area contributed by atoms with Gasteiger partial charge in [0.2, 0.25) is 0 Å². The Morgan fingerprint density at radius 1 is 1.05 bits per heavy atom. The molecule has 0 unspecified atom stereocenters. The van der Waals surface area contributed by atoms with E-state index in [-0.39, 0.29) is 17.7 Å². The Kier molecular flexibility index (Phi) is 8.96. The number of ether oxygens (including phenoxy) is 1. The zero-order valence-electron chi connectivity index (χ0n) is 22.6. The Bertz CT molecular complexity index is 1340. The molecule has 39 heavy (non-hydrogen) atoms. The van der Waals surface area contributed by atoms with Crippen molar-refractivity contribution in [2.45, 2.75) is 38.8 Å². The summed E-state index contributed by atoms with van der Waals surface area (Å²) in [7, 11) is -1.83. The van der Waals surface area contributed by atoms with Crippen molar-refractivity contribution >= 4 is 39.1 Å². The highest BCUT2D eigenvalue weighted by molar-refractivity contribution is 7.94. The van der Waals surface area contributed by atoms with Crippen molar-refractivity contribution in [1.29, 1.82) is 0 Å². The molecule has 0 saturated carbocycles. The van der Waals surface area contributed by atoms with Crippen molar-refractivity contribution in [1.82, 2.24) is 9.80 Å². The number of benzene rings is 2. The topological polar surface area (TPSA) is 66.9 Å². The molecule has 208 valence electrons. The van der Waals surface area contributed by atoms with Crippen LogP contribution in [0.3, 0.4) is 0 Å². The minimum atomic E-state index is -3.47. The number of carbonyl (C=O) groups is 1. The van der Waals surface area contributed by atoms with Crippen LogP contribution in [-0.4, -0.2) is 55.8 Å². The summed E-state index contributed by atoms with van der Waals surface area (Å²) >= 11 is 12.2. The first kappa shape index (κ1) is 29.4. The molecular weight excluding hydrogens is 555 g/mol. The number of rotatable bonds is 7. The largest absolute Gasteiger partial charge is 0.443 e. The molecule has 1 amide bonds. The summed E-state index contributed by atoms with van der Waals surface area (Å²) in [5.74, 6) is 0.0800. The standard InChI is InChI=1S/C30H34Cl2N2O4S/c1-30(2,3)38-29(35)33(4)27-7-5-6-21(16-27)19-39(36,37)20-22-17-34(18-22)28(23-8-12-25(31)13-9-23)24-10-14-26(32)15-11-24/h5-15,19,22,28H,16-18,20H2,1-4H3/b21-19+. The lowest BCUT2D eigenvalue weighted by molar-refractivity contribution is 0.0350. The Hall–Kier alpha value is -2.58. The number of allylic oxidation sites excluding steroid dienone is 4. The molecule has 0 aromatic heterocycles. The van der Waals surface area contributed by atoms with Crippen LogP contribution < -0.4 is 0 Å². The van der Waals surface area contributed by atoms with Gasteiger partial charge in [0.25, 0.3) is 0 Å². The first-order valence-electron chi connectivity index (χ1n) is 12.8. The molecule has 6 nitrogen and oxygen atoms in total. The van der Waals surface area contributed by atoms with Crippen molar-refractivity contribution in [3.05, 3.63) is 105 Å². The molecule has 0 N–H and O–H groups in total. The molecule has 2 aliphatic rings. The van der Waals surface area contributed by atoms with Gasteiger partial charge in [-0.05, 0) is 73.7 Å². The number of amides is 1. The molecule has 0 spiro atoms. The minimum absolute atomic E-state index is 0.0148. The van der Waals surface area contributed by atoms with Gasteiger partial charge in [0.05, 0.1) is 11.8 Å². The van der Waals surface area contributed by atoms with Crippen LogP contribution in [0.15, 0.2) is 83.4 Å². The zero-order chi connectivity index (χ0) is 28.4. The molecular formula is C30H34Cl2N2O4S. The van der Waals surface area contributed by atoms with Crippen LogP contribution in [0.5, 0.6) is 0 Å². The van der Waals surface area contributed by atoms with E-state index in [4.69, 9.17) is 27.9 Å². The van der Waals surface area contributed by atoms with Gasteiger partial charge in [-0.2, -0.15) is 0 Å². The lowest BCUT2D eigenvalue weighted by Crippen LogP contribution is -2.51. The third kappa shape index (κ3) is 7.98. The molecule has 2 aromatic rings. The van der Waals surface area contributed by atoms with Crippen molar-refractivity contribution in [3.63, 3.8) is 0 Å². The van der Waals surface area contributed by atoms with E-state index in [1.807, 2.05) is 48.5 Å². The summed E-state index contributed by atoms with van der Waals surface area (Å²) < 4.78 is 31.7. The van der Waals surface area contributed by atoms with Gasteiger partial charge >= 0.3 is 6.09 Å². The fourth-order valence-electron chi connectivity index (χ4n) is 4.81. The van der Waals surface area contributed by atoms with Crippen molar-refractivity contribution in [2.24, 2.45) is 5.92 Å². The molecule has 1 aliphatic heterocycles. The van der Waals surface area contributed by atoms with Crippen LogP contribution in [0.4, 0.5) is 4.79 Å². The summed E-state index contributed by atoms with van der Waals surface area (Å²) in [6.07, 6.45) is 5.18. The van der Waals surface area contributed by atoms with Gasteiger partial charge in [-0.3, -0.25) is 9.80 Å². The lowest BCUT2D eigenvalue weighted by Gasteiger charge is -2.44. The molecule has 1 heterocycles. The van der Waals surface area contributed by atoms with Crippen molar-refractivity contribution in [2.75, 3.05) is 25.9 Å². The van der Waals surface area contributed by atoms with E-state index in [2.05, 4.69) is 4.90 Å². The van der Waals surface area contributed by atoms with Crippen LogP contribution in [-0.2, 0) is 14.6 Å². The zero-order valence-corrected chi connectivity index (χ0v) is 24.9. The molecule has 2 aromatic carbocycles. The average Bonchev–Trinajstić information content (AvgIpc) is 2.83. The van der Waals surface area contributed by atoms with Gasteiger partial charge in [0.15, 0.2) is 9.84 Å². The second-order valence-electron chi connectivity index (χ2n) is 11.1. The van der Waals surface area contributed by atoms with Gasteiger partial charge < -0.3 is 4.74 Å².